The number of anilines is 1. The van der Waals surface area contributed by atoms with Gasteiger partial charge in [0.15, 0.2) is 0 Å². The first-order valence-electron chi connectivity index (χ1n) is 7.94. The highest BCUT2D eigenvalue weighted by molar-refractivity contribution is 9.10. The molecule has 2 aromatic carbocycles. The molecular formula is C19H19BrN2O2S. The lowest BCUT2D eigenvalue weighted by molar-refractivity contribution is -0.112. The molecule has 0 bridgehead atoms. The predicted octanol–water partition coefficient (Wildman–Crippen LogP) is 4.25. The number of hydrogen-bond acceptors (Lipinski definition) is 2. The van der Waals surface area contributed by atoms with Crippen LogP contribution in [0, 0.1) is 0 Å². The quantitative estimate of drug-likeness (QED) is 0.747. The monoisotopic (exact) mass is 418 g/mol. The Morgan fingerprint density at radius 2 is 1.80 bits per heavy atom. The molecule has 2 aromatic rings. The fourth-order valence-corrected chi connectivity index (χ4v) is 3.48. The minimum absolute atomic E-state index is 0.213. The second-order valence-corrected chi connectivity index (χ2v) is 9.66. The lowest BCUT2D eigenvalue weighted by Crippen LogP contribution is -2.30. The molecule has 3 rings (SSSR count). The van der Waals surface area contributed by atoms with Crippen LogP contribution < -0.4 is 4.90 Å². The zero-order chi connectivity index (χ0) is 18.2. The third kappa shape index (κ3) is 3.75. The highest BCUT2D eigenvalue weighted by Gasteiger charge is 2.35. The van der Waals surface area contributed by atoms with Crippen LogP contribution in [0.2, 0.25) is 0 Å². The van der Waals surface area contributed by atoms with Crippen LogP contribution in [0.1, 0.15) is 31.9 Å². The van der Waals surface area contributed by atoms with Crippen molar-refractivity contribution in [1.29, 1.82) is 0 Å². The molecule has 0 spiro atoms. The number of amides is 1. The summed E-state index contributed by atoms with van der Waals surface area (Å²) in [6, 6.07) is 15.4. The second-order valence-electron chi connectivity index (χ2n) is 6.84. The molecule has 0 saturated heterocycles. The minimum Gasteiger partial charge on any atom is -0.302 e. The first-order chi connectivity index (χ1) is 11.8. The highest BCUT2D eigenvalue weighted by atomic mass is 79.9. The van der Waals surface area contributed by atoms with Gasteiger partial charge in [0.05, 0.1) is 17.0 Å². The van der Waals surface area contributed by atoms with Crippen LogP contribution in [0.25, 0.3) is 0 Å². The Balaban J connectivity index is 2.05. The molecule has 4 nitrogen and oxygen atoms in total. The molecule has 0 aromatic heterocycles. The Hall–Kier alpha value is -1.79. The number of halogens is 1. The molecule has 0 saturated carbocycles. The zero-order valence-corrected chi connectivity index (χ0v) is 16.7. The van der Waals surface area contributed by atoms with Gasteiger partial charge in [-0.2, -0.15) is 4.40 Å². The number of hydrogen-bond donors (Lipinski definition) is 0. The molecule has 25 heavy (non-hydrogen) atoms. The topological polar surface area (TPSA) is 49.7 Å². The van der Waals surface area contributed by atoms with Gasteiger partial charge in [-0.1, -0.05) is 46.3 Å². The van der Waals surface area contributed by atoms with E-state index in [1.807, 2.05) is 69.3 Å². The molecular weight excluding hydrogens is 400 g/mol. The molecule has 130 valence electrons. The summed E-state index contributed by atoms with van der Waals surface area (Å²) in [4.78, 5) is 14.7. The van der Waals surface area contributed by atoms with E-state index in [4.69, 9.17) is 0 Å². The van der Waals surface area contributed by atoms with E-state index in [9.17, 15) is 9.00 Å². The van der Waals surface area contributed by atoms with Crippen molar-refractivity contribution in [1.82, 2.24) is 0 Å². The van der Waals surface area contributed by atoms with Crippen LogP contribution in [-0.2, 0) is 22.3 Å². The van der Waals surface area contributed by atoms with Gasteiger partial charge in [-0.15, -0.1) is 0 Å². The Labute approximate surface area is 158 Å². The van der Waals surface area contributed by atoms with Crippen molar-refractivity contribution >= 4 is 44.2 Å². The maximum atomic E-state index is 13.0. The maximum absolute atomic E-state index is 13.0. The second kappa shape index (κ2) is 6.84. The van der Waals surface area contributed by atoms with Crippen molar-refractivity contribution < 1.29 is 9.00 Å². The molecule has 1 aliphatic heterocycles. The summed E-state index contributed by atoms with van der Waals surface area (Å²) in [7, 11) is -1.49. The summed E-state index contributed by atoms with van der Waals surface area (Å²) >= 11 is 3.46. The van der Waals surface area contributed by atoms with Crippen LogP contribution >= 0.6 is 15.9 Å². The summed E-state index contributed by atoms with van der Waals surface area (Å²) in [5.41, 5.74) is 2.81. The van der Waals surface area contributed by atoms with Gasteiger partial charge in [0.25, 0.3) is 5.91 Å². The summed E-state index contributed by atoms with van der Waals surface area (Å²) in [5.74, 6) is -0.213. The van der Waals surface area contributed by atoms with E-state index < -0.39 is 15.7 Å². The van der Waals surface area contributed by atoms with E-state index in [1.54, 1.807) is 4.90 Å². The van der Waals surface area contributed by atoms with Crippen LogP contribution in [0.3, 0.4) is 0 Å². The first kappa shape index (κ1) is 18.0. The molecule has 1 atom stereocenters. The van der Waals surface area contributed by atoms with E-state index >= 15 is 0 Å². The fourth-order valence-electron chi connectivity index (χ4n) is 2.51. The smallest absolute Gasteiger partial charge is 0.278 e. The molecule has 1 amide bonds. The number of fused-ring (bicyclic) bond motifs is 1. The van der Waals surface area contributed by atoms with Gasteiger partial charge in [0, 0.05) is 10.0 Å². The normalized spacial score (nSPS) is 17.0. The third-order valence-corrected chi connectivity index (χ3v) is 5.72. The standard InChI is InChI=1S/C19H19BrN2O2S/c1-19(2,3)25(24)21-17-15-10-9-14(20)11-16(15)22(18(17)23)12-13-7-5-4-6-8-13/h4-11H,12H2,1-3H3/b21-17+/t25-/m1/s1. The lowest BCUT2D eigenvalue weighted by Gasteiger charge is -2.17. The van der Waals surface area contributed by atoms with Gasteiger partial charge in [-0.25, -0.2) is 4.21 Å². The molecule has 0 N–H and O–H groups in total. The van der Waals surface area contributed by atoms with Crippen LogP contribution in [0.15, 0.2) is 57.4 Å². The summed E-state index contributed by atoms with van der Waals surface area (Å²) in [5, 5.41) is 0. The Bertz CT molecular complexity index is 873. The van der Waals surface area contributed by atoms with Crippen molar-refractivity contribution in [3.05, 3.63) is 64.1 Å². The summed E-state index contributed by atoms with van der Waals surface area (Å²) in [6.07, 6.45) is 0. The van der Waals surface area contributed by atoms with Gasteiger partial charge in [0.1, 0.15) is 16.7 Å². The number of rotatable bonds is 3. The minimum atomic E-state index is -1.49. The van der Waals surface area contributed by atoms with E-state index in [-0.39, 0.29) is 11.6 Å². The molecule has 0 unspecified atom stereocenters. The van der Waals surface area contributed by atoms with Crippen molar-refractivity contribution in [2.24, 2.45) is 4.40 Å². The average Bonchev–Trinajstić information content (AvgIpc) is 2.80. The molecule has 0 fully saturated rings. The summed E-state index contributed by atoms with van der Waals surface area (Å²) in [6.45, 7) is 5.98. The largest absolute Gasteiger partial charge is 0.302 e. The van der Waals surface area contributed by atoms with E-state index in [0.29, 0.717) is 6.54 Å². The van der Waals surface area contributed by atoms with Crippen molar-refractivity contribution in [2.75, 3.05) is 4.90 Å². The fraction of sp³-hybridized carbons (Fsp3) is 0.263. The lowest BCUT2D eigenvalue weighted by atomic mass is 10.1. The van der Waals surface area contributed by atoms with Gasteiger partial charge < -0.3 is 4.90 Å². The Morgan fingerprint density at radius 3 is 2.44 bits per heavy atom. The zero-order valence-electron chi connectivity index (χ0n) is 14.3. The highest BCUT2D eigenvalue weighted by Crippen LogP contribution is 2.34. The molecule has 0 aliphatic carbocycles. The number of nitrogens with zero attached hydrogens (tertiary/aromatic N) is 2. The van der Waals surface area contributed by atoms with Gasteiger partial charge in [-0.3, -0.25) is 4.79 Å². The van der Waals surface area contributed by atoms with E-state index in [2.05, 4.69) is 20.3 Å². The SMILES string of the molecule is CC(C)(C)[S@@](=O)/N=C1/C(=O)N(Cc2ccccc2)c2cc(Br)ccc21. The van der Waals surface area contributed by atoms with Gasteiger partial charge >= 0.3 is 0 Å². The number of benzene rings is 2. The first-order valence-corrected chi connectivity index (χ1v) is 9.84. The number of carbonyl (C=O) groups is 1. The maximum Gasteiger partial charge on any atom is 0.278 e. The van der Waals surface area contributed by atoms with E-state index in [0.717, 1.165) is 21.3 Å². The Kier molecular flexibility index (Phi) is 4.93. The van der Waals surface area contributed by atoms with Crippen LogP contribution in [-0.4, -0.2) is 20.6 Å². The third-order valence-electron chi connectivity index (χ3n) is 3.83. The molecule has 0 radical (unpaired) electrons. The molecule has 1 aliphatic rings. The number of carbonyl (C=O) groups excluding carboxylic acids is 1. The van der Waals surface area contributed by atoms with Crippen molar-refractivity contribution in [3.8, 4) is 0 Å². The summed E-state index contributed by atoms with van der Waals surface area (Å²) < 4.78 is 17.1. The predicted molar refractivity (Wildman–Crippen MR) is 106 cm³/mol. The Morgan fingerprint density at radius 1 is 1.12 bits per heavy atom. The van der Waals surface area contributed by atoms with Gasteiger partial charge in [-0.05, 0) is 44.5 Å². The van der Waals surface area contributed by atoms with E-state index in [1.165, 1.54) is 0 Å². The van der Waals surface area contributed by atoms with Crippen molar-refractivity contribution in [3.63, 3.8) is 0 Å². The van der Waals surface area contributed by atoms with Crippen molar-refractivity contribution in [2.45, 2.75) is 32.1 Å². The molecule has 1 heterocycles. The van der Waals surface area contributed by atoms with Gasteiger partial charge in [0.2, 0.25) is 0 Å². The van der Waals surface area contributed by atoms with Crippen LogP contribution in [0.4, 0.5) is 5.69 Å². The molecule has 6 heteroatoms. The van der Waals surface area contributed by atoms with Crippen LogP contribution in [0.5, 0.6) is 0 Å². The average molecular weight is 419 g/mol.